The minimum atomic E-state index is -1.00. The fourth-order valence-corrected chi connectivity index (χ4v) is 2.58. The van der Waals surface area contributed by atoms with Gasteiger partial charge < -0.3 is 20.0 Å². The molecule has 1 aliphatic carbocycles. The molecule has 1 aliphatic rings. The summed E-state index contributed by atoms with van der Waals surface area (Å²) in [5.41, 5.74) is -0.991. The van der Waals surface area contributed by atoms with Gasteiger partial charge in [-0.05, 0) is 26.7 Å². The van der Waals surface area contributed by atoms with Gasteiger partial charge >= 0.3 is 12.0 Å². The fraction of sp³-hybridized carbons (Fsp3) is 0.846. The largest absolute Gasteiger partial charge is 0.480 e. The minimum absolute atomic E-state index is 0.00727. The second-order valence-electron chi connectivity index (χ2n) is 5.91. The van der Waals surface area contributed by atoms with Gasteiger partial charge in [0, 0.05) is 13.1 Å². The first-order chi connectivity index (χ1) is 8.70. The fourth-order valence-electron chi connectivity index (χ4n) is 2.58. The molecule has 2 amide bonds. The van der Waals surface area contributed by atoms with Gasteiger partial charge in [-0.25, -0.2) is 4.79 Å². The Morgan fingerprint density at radius 3 is 2.21 bits per heavy atom. The average Bonchev–Trinajstić information content (AvgIpc) is 2.75. The molecule has 0 aromatic carbocycles. The van der Waals surface area contributed by atoms with Gasteiger partial charge in [0.05, 0.1) is 12.1 Å². The zero-order valence-corrected chi connectivity index (χ0v) is 11.9. The summed E-state index contributed by atoms with van der Waals surface area (Å²) in [6.45, 7) is 3.14. The monoisotopic (exact) mass is 272 g/mol. The normalized spacial score (nSPS) is 16.4. The molecule has 0 aromatic heterocycles. The van der Waals surface area contributed by atoms with Crippen molar-refractivity contribution in [2.24, 2.45) is 0 Å². The number of carbonyl (C=O) groups excluding carboxylic acids is 1. The zero-order chi connectivity index (χ0) is 14.6. The number of rotatable bonds is 5. The van der Waals surface area contributed by atoms with Gasteiger partial charge in [0.2, 0.25) is 0 Å². The molecular formula is C13H24N2O4. The number of carbonyl (C=O) groups is 2. The molecule has 1 rings (SSSR count). The molecule has 19 heavy (non-hydrogen) atoms. The molecule has 1 saturated carbocycles. The first-order valence-electron chi connectivity index (χ1n) is 6.66. The van der Waals surface area contributed by atoms with E-state index in [-0.39, 0.29) is 25.2 Å². The van der Waals surface area contributed by atoms with Crippen LogP contribution in [0.3, 0.4) is 0 Å². The molecule has 0 saturated heterocycles. The Hall–Kier alpha value is -1.30. The van der Waals surface area contributed by atoms with Crippen LogP contribution in [0.25, 0.3) is 0 Å². The Balaban J connectivity index is 2.72. The van der Waals surface area contributed by atoms with E-state index >= 15 is 0 Å². The van der Waals surface area contributed by atoms with Crippen LogP contribution in [0.15, 0.2) is 0 Å². The molecule has 0 atom stereocenters. The number of carboxylic acids is 1. The van der Waals surface area contributed by atoms with Crippen LogP contribution in [0, 0.1) is 0 Å². The van der Waals surface area contributed by atoms with Crippen LogP contribution < -0.4 is 0 Å². The molecule has 0 spiro atoms. The van der Waals surface area contributed by atoms with Crippen molar-refractivity contribution in [3.63, 3.8) is 0 Å². The second-order valence-corrected chi connectivity index (χ2v) is 5.91. The molecule has 0 aliphatic heterocycles. The van der Waals surface area contributed by atoms with Crippen molar-refractivity contribution in [2.45, 2.75) is 51.2 Å². The van der Waals surface area contributed by atoms with Gasteiger partial charge in [0.25, 0.3) is 0 Å². The summed E-state index contributed by atoms with van der Waals surface area (Å²) in [6.07, 6.45) is 3.78. The molecule has 0 aromatic rings. The van der Waals surface area contributed by atoms with Gasteiger partial charge in [-0.3, -0.25) is 4.79 Å². The minimum Gasteiger partial charge on any atom is -0.480 e. The molecule has 2 N–H and O–H groups in total. The average molecular weight is 272 g/mol. The van der Waals surface area contributed by atoms with Gasteiger partial charge in [-0.15, -0.1) is 0 Å². The standard InChI is InChI=1S/C13H24N2O4/c1-13(2,19)9-14(3)12(18)15(8-11(16)17)10-6-4-5-7-10/h10,19H,4-9H2,1-3H3,(H,16,17). The van der Waals surface area contributed by atoms with Crippen molar-refractivity contribution in [3.8, 4) is 0 Å². The van der Waals surface area contributed by atoms with Gasteiger partial charge in [0.1, 0.15) is 6.54 Å². The van der Waals surface area contributed by atoms with E-state index in [9.17, 15) is 14.7 Å². The van der Waals surface area contributed by atoms with Crippen LogP contribution in [0.5, 0.6) is 0 Å². The van der Waals surface area contributed by atoms with Gasteiger partial charge in [-0.1, -0.05) is 12.8 Å². The SMILES string of the molecule is CN(CC(C)(C)O)C(=O)N(CC(=O)O)C1CCCC1. The topological polar surface area (TPSA) is 81.1 Å². The van der Waals surface area contributed by atoms with E-state index in [2.05, 4.69) is 0 Å². The summed E-state index contributed by atoms with van der Waals surface area (Å²) in [5, 5.41) is 18.7. The Labute approximate surface area is 114 Å². The number of hydrogen-bond donors (Lipinski definition) is 2. The maximum atomic E-state index is 12.3. The molecule has 110 valence electrons. The molecule has 0 radical (unpaired) electrons. The first kappa shape index (κ1) is 15.8. The number of amides is 2. The van der Waals surface area contributed by atoms with E-state index in [4.69, 9.17) is 5.11 Å². The third-order valence-electron chi connectivity index (χ3n) is 3.27. The van der Waals surface area contributed by atoms with Crippen LogP contribution >= 0.6 is 0 Å². The van der Waals surface area contributed by atoms with E-state index < -0.39 is 11.6 Å². The maximum absolute atomic E-state index is 12.3. The molecule has 0 unspecified atom stereocenters. The van der Waals surface area contributed by atoms with E-state index in [1.54, 1.807) is 20.9 Å². The van der Waals surface area contributed by atoms with Crippen LogP contribution in [0.4, 0.5) is 4.79 Å². The van der Waals surface area contributed by atoms with Crippen LogP contribution in [-0.2, 0) is 4.79 Å². The first-order valence-corrected chi connectivity index (χ1v) is 6.66. The Morgan fingerprint density at radius 2 is 1.79 bits per heavy atom. The van der Waals surface area contributed by atoms with Gasteiger partial charge in [0.15, 0.2) is 0 Å². The lowest BCUT2D eigenvalue weighted by Gasteiger charge is -2.34. The van der Waals surface area contributed by atoms with Crippen molar-refractivity contribution < 1.29 is 19.8 Å². The lowest BCUT2D eigenvalue weighted by Crippen LogP contribution is -2.51. The molecule has 0 heterocycles. The summed E-state index contributed by atoms with van der Waals surface area (Å²) in [6, 6.07) is -0.315. The molecule has 1 fully saturated rings. The van der Waals surface area contributed by atoms with Crippen molar-refractivity contribution in [1.82, 2.24) is 9.80 Å². The van der Waals surface area contributed by atoms with Crippen LogP contribution in [-0.4, -0.2) is 63.8 Å². The number of aliphatic carboxylic acids is 1. The Kier molecular flexibility index (Phi) is 5.17. The van der Waals surface area contributed by atoms with Crippen LogP contribution in [0.1, 0.15) is 39.5 Å². The predicted molar refractivity (Wildman–Crippen MR) is 70.9 cm³/mol. The Bertz CT molecular complexity index is 332. The number of likely N-dealkylation sites (N-methyl/N-ethyl adjacent to an activating group) is 1. The zero-order valence-electron chi connectivity index (χ0n) is 11.9. The molecule has 6 nitrogen and oxygen atoms in total. The predicted octanol–water partition coefficient (Wildman–Crippen LogP) is 1.14. The number of hydrogen-bond acceptors (Lipinski definition) is 3. The highest BCUT2D eigenvalue weighted by molar-refractivity contribution is 5.80. The van der Waals surface area contributed by atoms with E-state index in [1.807, 2.05) is 0 Å². The smallest absolute Gasteiger partial charge is 0.323 e. The van der Waals surface area contributed by atoms with Crippen molar-refractivity contribution in [3.05, 3.63) is 0 Å². The molecular weight excluding hydrogens is 248 g/mol. The highest BCUT2D eigenvalue weighted by Gasteiger charge is 2.31. The lowest BCUT2D eigenvalue weighted by atomic mass is 10.1. The third kappa shape index (κ3) is 5.06. The summed E-state index contributed by atoms with van der Waals surface area (Å²) in [5.74, 6) is -1.00. The molecule has 0 bridgehead atoms. The summed E-state index contributed by atoms with van der Waals surface area (Å²) >= 11 is 0. The summed E-state index contributed by atoms with van der Waals surface area (Å²) in [4.78, 5) is 26.0. The van der Waals surface area contributed by atoms with Crippen molar-refractivity contribution >= 4 is 12.0 Å². The number of nitrogens with zero attached hydrogens (tertiary/aromatic N) is 2. The molecule has 6 heteroatoms. The number of carboxylic acid groups (broad SMARTS) is 1. The highest BCUT2D eigenvalue weighted by atomic mass is 16.4. The Morgan fingerprint density at radius 1 is 1.26 bits per heavy atom. The van der Waals surface area contributed by atoms with Crippen LogP contribution in [0.2, 0.25) is 0 Å². The summed E-state index contributed by atoms with van der Waals surface area (Å²) in [7, 11) is 1.59. The third-order valence-corrected chi connectivity index (χ3v) is 3.27. The van der Waals surface area contributed by atoms with Crippen molar-refractivity contribution in [2.75, 3.05) is 20.1 Å². The van der Waals surface area contributed by atoms with E-state index in [1.165, 1.54) is 9.80 Å². The second kappa shape index (κ2) is 6.23. The number of aliphatic hydroxyl groups is 1. The van der Waals surface area contributed by atoms with Gasteiger partial charge in [-0.2, -0.15) is 0 Å². The van der Waals surface area contributed by atoms with E-state index in [0.717, 1.165) is 25.7 Å². The lowest BCUT2D eigenvalue weighted by molar-refractivity contribution is -0.138. The highest BCUT2D eigenvalue weighted by Crippen LogP contribution is 2.24. The van der Waals surface area contributed by atoms with Crippen molar-refractivity contribution in [1.29, 1.82) is 0 Å². The maximum Gasteiger partial charge on any atom is 0.323 e. The summed E-state index contributed by atoms with van der Waals surface area (Å²) < 4.78 is 0. The van der Waals surface area contributed by atoms with E-state index in [0.29, 0.717) is 0 Å². The quantitative estimate of drug-likeness (QED) is 0.786. The number of urea groups is 1.